The van der Waals surface area contributed by atoms with E-state index >= 15 is 0 Å². The average molecular weight is 874 g/mol. The quantitative estimate of drug-likeness (QED) is 0.116. The zero-order valence-corrected chi connectivity index (χ0v) is 36.0. The molecule has 0 aliphatic heterocycles. The summed E-state index contributed by atoms with van der Waals surface area (Å²) in [5, 5.41) is 10.3. The molecule has 0 radical (unpaired) electrons. The first-order chi connectivity index (χ1) is 25.6. The molecule has 54 heavy (non-hydrogen) atoms. The van der Waals surface area contributed by atoms with Gasteiger partial charge in [0.05, 0.1) is 11.4 Å². The second-order valence-corrected chi connectivity index (χ2v) is 13.4. The van der Waals surface area contributed by atoms with E-state index in [1.807, 2.05) is 109 Å². The number of nitrogens with zero attached hydrogens (tertiary/aromatic N) is 3. The number of aryl methyl sites for hydroxylation is 1. The predicted molar refractivity (Wildman–Crippen MR) is 227 cm³/mol. The molecule has 7 rings (SSSR count). The Labute approximate surface area is 344 Å². The second kappa shape index (κ2) is 22.8. The summed E-state index contributed by atoms with van der Waals surface area (Å²) in [7, 11) is 2.01. The molecular weight excluding hydrogens is 821 g/mol. The Balaban J connectivity index is 0.000000285. The van der Waals surface area contributed by atoms with Gasteiger partial charge in [-0.05, 0) is 29.5 Å². The molecular formula is C50H53HfN3-4. The first kappa shape index (κ1) is 43.2. The minimum Gasteiger partial charge on any atom is -0.673 e. The molecule has 4 heteroatoms. The van der Waals surface area contributed by atoms with Crippen LogP contribution < -0.4 is 0 Å². The fourth-order valence-corrected chi connectivity index (χ4v) is 5.67. The number of hydrogen-bond donors (Lipinski definition) is 0. The first-order valence-corrected chi connectivity index (χ1v) is 18.2. The second-order valence-electron chi connectivity index (χ2n) is 13.4. The zero-order chi connectivity index (χ0) is 38.0. The van der Waals surface area contributed by atoms with Crippen molar-refractivity contribution in [2.24, 2.45) is 7.05 Å². The molecule has 3 nitrogen and oxygen atoms in total. The van der Waals surface area contributed by atoms with Gasteiger partial charge in [0, 0.05) is 32.9 Å². The molecule has 0 spiro atoms. The number of para-hydroxylation sites is 1. The van der Waals surface area contributed by atoms with Gasteiger partial charge in [0.1, 0.15) is 0 Å². The number of aromatic nitrogens is 2. The van der Waals surface area contributed by atoms with E-state index in [0.29, 0.717) is 11.8 Å². The molecule has 7 aromatic rings. The Morgan fingerprint density at radius 1 is 0.500 bits per heavy atom. The van der Waals surface area contributed by atoms with Crippen LogP contribution in [0.4, 0.5) is 5.69 Å². The van der Waals surface area contributed by atoms with E-state index in [2.05, 4.69) is 127 Å². The fraction of sp³-hybridized carbons (Fsp3) is 0.160. The first-order valence-electron chi connectivity index (χ1n) is 18.2. The van der Waals surface area contributed by atoms with Crippen molar-refractivity contribution in [3.63, 3.8) is 0 Å². The third-order valence-electron chi connectivity index (χ3n) is 8.49. The maximum absolute atomic E-state index is 5.41. The summed E-state index contributed by atoms with van der Waals surface area (Å²) in [5.74, 6) is 0.792. The topological polar surface area (TPSA) is 31.9 Å². The van der Waals surface area contributed by atoms with Crippen LogP contribution in [-0.2, 0) is 32.9 Å². The van der Waals surface area contributed by atoms with E-state index in [4.69, 9.17) is 10.4 Å². The Morgan fingerprint density at radius 2 is 0.870 bits per heavy atom. The summed E-state index contributed by atoms with van der Waals surface area (Å²) in [6.07, 6.45) is 0. The van der Waals surface area contributed by atoms with Crippen molar-refractivity contribution in [3.8, 4) is 11.3 Å². The maximum Gasteiger partial charge on any atom is 0.0681 e. The Morgan fingerprint density at radius 3 is 1.22 bits per heavy atom. The van der Waals surface area contributed by atoms with Gasteiger partial charge in [-0.2, -0.15) is 79.0 Å². The average Bonchev–Trinajstić information content (AvgIpc) is 3.57. The molecule has 0 fully saturated rings. The van der Waals surface area contributed by atoms with Crippen molar-refractivity contribution >= 4 is 5.69 Å². The monoisotopic (exact) mass is 875 g/mol. The van der Waals surface area contributed by atoms with Gasteiger partial charge in [-0.1, -0.05) is 141 Å². The molecule has 276 valence electrons. The predicted octanol–water partition coefficient (Wildman–Crippen LogP) is 13.7. The van der Waals surface area contributed by atoms with Gasteiger partial charge in [-0.25, -0.2) is 0 Å². The van der Waals surface area contributed by atoms with Crippen LogP contribution in [0.25, 0.3) is 16.6 Å². The summed E-state index contributed by atoms with van der Waals surface area (Å²) in [6.45, 7) is 20.1. The molecule has 0 amide bonds. The largest absolute Gasteiger partial charge is 0.673 e. The molecule has 0 N–H and O–H groups in total. The van der Waals surface area contributed by atoms with Gasteiger partial charge in [0.25, 0.3) is 0 Å². The van der Waals surface area contributed by atoms with Gasteiger partial charge in [0.2, 0.25) is 0 Å². The van der Waals surface area contributed by atoms with Crippen molar-refractivity contribution in [2.45, 2.75) is 45.6 Å². The van der Waals surface area contributed by atoms with Gasteiger partial charge in [-0.3, -0.25) is 4.68 Å². The molecule has 0 saturated carbocycles. The Hall–Kier alpha value is -5.19. The third-order valence-corrected chi connectivity index (χ3v) is 8.49. The molecule has 1 aromatic heterocycles. The van der Waals surface area contributed by atoms with E-state index < -0.39 is 0 Å². The molecule has 0 bridgehead atoms. The van der Waals surface area contributed by atoms with Gasteiger partial charge in [-0.15, -0.1) is 42.1 Å². The summed E-state index contributed by atoms with van der Waals surface area (Å²) in [5.41, 5.74) is 11.3. The zero-order valence-electron chi connectivity index (χ0n) is 32.4. The molecule has 6 aromatic carbocycles. The smallest absolute Gasteiger partial charge is 0.0681 e. The molecule has 1 heterocycles. The summed E-state index contributed by atoms with van der Waals surface area (Å²) in [4.78, 5) is 0. The fourth-order valence-electron chi connectivity index (χ4n) is 5.67. The van der Waals surface area contributed by atoms with Crippen LogP contribution in [0.15, 0.2) is 176 Å². The maximum atomic E-state index is 5.41. The Bertz CT molecular complexity index is 1910. The van der Waals surface area contributed by atoms with E-state index in [0.717, 1.165) is 44.9 Å². The van der Waals surface area contributed by atoms with Crippen molar-refractivity contribution in [2.75, 3.05) is 0 Å². The van der Waals surface area contributed by atoms with Crippen LogP contribution in [0.3, 0.4) is 0 Å². The van der Waals surface area contributed by atoms with Gasteiger partial charge < -0.3 is 5.32 Å². The van der Waals surface area contributed by atoms with Crippen LogP contribution in [0.2, 0.25) is 0 Å². The number of hydrogen-bond acceptors (Lipinski definition) is 1. The van der Waals surface area contributed by atoms with Gasteiger partial charge >= 0.3 is 0 Å². The van der Waals surface area contributed by atoms with Crippen molar-refractivity contribution in [3.05, 3.63) is 241 Å². The van der Waals surface area contributed by atoms with Crippen molar-refractivity contribution in [1.29, 1.82) is 0 Å². The molecule has 0 saturated heterocycles. The van der Waals surface area contributed by atoms with Crippen molar-refractivity contribution in [1.82, 2.24) is 9.78 Å². The molecule has 1 unspecified atom stereocenters. The Kier molecular flexibility index (Phi) is 18.2. The summed E-state index contributed by atoms with van der Waals surface area (Å²) >= 11 is 0. The standard InChI is InChI=1S/C29H32N3.3C7H7.Hf/c1-20(2)24-17-12-18-25(21(3)4)29(24)30-28(23-15-10-7-11-16-23)26-19-27(32(5)31-26)22-13-8-6-9-14-22;3*1-7-5-3-2-4-6-7;/h6-21,28H,1-5H3;3*2-6H,1H2;/q4*-1;. The minimum atomic E-state index is -0.169. The number of rotatable bonds is 7. The normalized spacial score (nSPS) is 10.6. The molecule has 1 atom stereocenters. The SMILES string of the molecule is CC(C)c1cccc(C(C)C)c1[N-]C(c1ccccc1)c1cc(-c2ccccc2)n(C)n1.[CH2-]c1ccccc1.[CH2-]c1ccccc1.[CH2-]c1ccccc1.[Hf]. The van der Waals surface area contributed by atoms with Gasteiger partial charge in [0.15, 0.2) is 0 Å². The van der Waals surface area contributed by atoms with E-state index in [1.54, 1.807) is 0 Å². The van der Waals surface area contributed by atoms with Crippen LogP contribution in [0.1, 0.15) is 84.6 Å². The van der Waals surface area contributed by atoms with E-state index in [9.17, 15) is 0 Å². The van der Waals surface area contributed by atoms with Crippen LogP contribution in [0, 0.1) is 20.8 Å². The third kappa shape index (κ3) is 13.7. The van der Waals surface area contributed by atoms with Crippen LogP contribution in [-0.4, -0.2) is 9.78 Å². The summed E-state index contributed by atoms with van der Waals surface area (Å²) < 4.78 is 1.97. The van der Waals surface area contributed by atoms with Crippen molar-refractivity contribution < 1.29 is 25.8 Å². The van der Waals surface area contributed by atoms with Crippen LogP contribution in [0.5, 0.6) is 0 Å². The molecule has 0 aliphatic rings. The number of benzene rings is 6. The molecule has 0 aliphatic carbocycles. The van der Waals surface area contributed by atoms with E-state index in [-0.39, 0.29) is 31.9 Å². The van der Waals surface area contributed by atoms with Crippen LogP contribution >= 0.6 is 0 Å². The summed E-state index contributed by atoms with van der Waals surface area (Å²) in [6, 6.07) is 59.2. The minimum absolute atomic E-state index is 0. The van der Waals surface area contributed by atoms with E-state index in [1.165, 1.54) is 11.1 Å².